The summed E-state index contributed by atoms with van der Waals surface area (Å²) in [5.41, 5.74) is 2.18. The van der Waals surface area contributed by atoms with Gasteiger partial charge in [-0.05, 0) is 43.0 Å². The van der Waals surface area contributed by atoms with E-state index in [9.17, 15) is 14.0 Å². The van der Waals surface area contributed by atoms with Crippen molar-refractivity contribution in [2.24, 2.45) is 5.92 Å². The van der Waals surface area contributed by atoms with Crippen LogP contribution in [0.25, 0.3) is 6.08 Å². The number of carbonyl (C=O) groups is 2. The number of aryl methyl sites for hydroxylation is 1. The summed E-state index contributed by atoms with van der Waals surface area (Å²) >= 11 is 4.72. The van der Waals surface area contributed by atoms with E-state index in [4.69, 9.17) is 17.7 Å². The molecule has 164 valence electrons. The second-order valence-electron chi connectivity index (χ2n) is 8.24. The fraction of sp³-hybridized carbons (Fsp3) is 0.435. The van der Waals surface area contributed by atoms with Crippen molar-refractivity contribution in [1.82, 2.24) is 14.7 Å². The van der Waals surface area contributed by atoms with Crippen molar-refractivity contribution in [2.75, 3.05) is 13.1 Å². The molecule has 31 heavy (non-hydrogen) atoms. The number of hydrogen-bond acceptors (Lipinski definition) is 5. The summed E-state index contributed by atoms with van der Waals surface area (Å²) in [6.07, 6.45) is 6.21. The second-order valence-corrected chi connectivity index (χ2v) is 8.87. The summed E-state index contributed by atoms with van der Waals surface area (Å²) in [6.45, 7) is 1.48. The van der Waals surface area contributed by atoms with E-state index in [2.05, 4.69) is 10.00 Å². The number of ketones is 1. The fourth-order valence-electron chi connectivity index (χ4n) is 4.05. The van der Waals surface area contributed by atoms with Gasteiger partial charge in [-0.25, -0.2) is 4.39 Å². The van der Waals surface area contributed by atoms with Gasteiger partial charge in [0, 0.05) is 36.0 Å². The Morgan fingerprint density at radius 2 is 2.03 bits per heavy atom. The van der Waals surface area contributed by atoms with E-state index in [-0.39, 0.29) is 29.2 Å². The summed E-state index contributed by atoms with van der Waals surface area (Å²) in [4.78, 5) is 25.9. The minimum absolute atomic E-state index is 0.00819. The molecule has 2 fully saturated rings. The van der Waals surface area contributed by atoms with Crippen molar-refractivity contribution in [2.45, 2.75) is 43.5 Å². The highest BCUT2D eigenvalue weighted by Crippen LogP contribution is 2.39. The number of piperidine rings is 1. The van der Waals surface area contributed by atoms with Crippen molar-refractivity contribution in [3.63, 3.8) is 0 Å². The number of benzene rings is 1. The first-order chi connectivity index (χ1) is 14.9. The lowest BCUT2D eigenvalue weighted by molar-refractivity contribution is -0.137. The van der Waals surface area contributed by atoms with Gasteiger partial charge in [0.05, 0.1) is 24.7 Å². The molecule has 1 aliphatic heterocycles. The average molecular weight is 444 g/mol. The first-order valence-electron chi connectivity index (χ1n) is 10.6. The number of thiol groups is 1. The Balaban J connectivity index is 1.56. The molecule has 1 unspecified atom stereocenters. The molecule has 1 aromatic heterocycles. The van der Waals surface area contributed by atoms with E-state index in [0.29, 0.717) is 25.2 Å². The minimum atomic E-state index is -0.867. The molecule has 1 saturated carbocycles. The standard InChI is InChI=1S/C23H26FN3O3S/c24-19-4-2-1-3-18(19)22(23(30)15-5-6-15)26-10-8-20(31)16(14-26)13-17-7-11-27(25-17)12-9-21(28)29/h1-4,7,11,13,15,20,22,31H,5-6,8-10,12,14H2,(H,28,29)/b16-13+/t20-,22?/m1/s1. The highest BCUT2D eigenvalue weighted by molar-refractivity contribution is 7.81. The molecule has 1 saturated heterocycles. The smallest absolute Gasteiger partial charge is 0.305 e. The molecule has 1 N–H and O–H groups in total. The van der Waals surface area contributed by atoms with Gasteiger partial charge in [0.1, 0.15) is 5.82 Å². The Kier molecular flexibility index (Phi) is 6.57. The Morgan fingerprint density at radius 3 is 2.74 bits per heavy atom. The molecule has 0 bridgehead atoms. The van der Waals surface area contributed by atoms with E-state index in [1.165, 1.54) is 6.07 Å². The van der Waals surface area contributed by atoms with Crippen LogP contribution in [0.5, 0.6) is 0 Å². The zero-order chi connectivity index (χ0) is 22.0. The van der Waals surface area contributed by atoms with Crippen LogP contribution in [0.1, 0.15) is 43.0 Å². The number of halogens is 1. The number of likely N-dealkylation sites (tertiary alicyclic amines) is 1. The number of hydrogen-bond donors (Lipinski definition) is 2. The van der Waals surface area contributed by atoms with Gasteiger partial charge in [-0.2, -0.15) is 17.7 Å². The second kappa shape index (κ2) is 9.36. The molecule has 0 spiro atoms. The SMILES string of the molecule is O=C(O)CCn1ccc(/C=C2\CN(C(C(=O)C3CC3)c3ccccc3F)CC[C@H]2S)n1. The number of carboxylic acids is 1. The third-order valence-corrected chi connectivity index (χ3v) is 6.46. The molecule has 2 aliphatic rings. The lowest BCUT2D eigenvalue weighted by atomic mass is 9.93. The van der Waals surface area contributed by atoms with Crippen LogP contribution in [0.3, 0.4) is 0 Å². The van der Waals surface area contributed by atoms with Crippen molar-refractivity contribution >= 4 is 30.5 Å². The third kappa shape index (κ3) is 5.25. The van der Waals surface area contributed by atoms with Crippen LogP contribution >= 0.6 is 12.6 Å². The molecule has 2 heterocycles. The Labute approximate surface area is 186 Å². The number of rotatable bonds is 8. The maximum Gasteiger partial charge on any atom is 0.305 e. The summed E-state index contributed by atoms with van der Waals surface area (Å²) in [6, 6.07) is 7.78. The van der Waals surface area contributed by atoms with Crippen LogP contribution in [0.2, 0.25) is 0 Å². The lowest BCUT2D eigenvalue weighted by Gasteiger charge is -2.37. The van der Waals surface area contributed by atoms with Gasteiger partial charge in [-0.15, -0.1) is 0 Å². The number of Topliss-reactive ketones (excluding diaryl/α,β-unsaturated/α-hetero) is 1. The van der Waals surface area contributed by atoms with Crippen molar-refractivity contribution < 1.29 is 19.1 Å². The zero-order valence-corrected chi connectivity index (χ0v) is 18.0. The van der Waals surface area contributed by atoms with Crippen LogP contribution < -0.4 is 0 Å². The monoisotopic (exact) mass is 443 g/mol. The van der Waals surface area contributed by atoms with E-state index in [1.54, 1.807) is 29.1 Å². The van der Waals surface area contributed by atoms with Gasteiger partial charge in [-0.1, -0.05) is 18.2 Å². The average Bonchev–Trinajstić information content (AvgIpc) is 3.50. The molecular formula is C23H26FN3O3S. The molecule has 0 radical (unpaired) electrons. The Morgan fingerprint density at radius 1 is 1.26 bits per heavy atom. The summed E-state index contributed by atoms with van der Waals surface area (Å²) in [7, 11) is 0. The quantitative estimate of drug-likeness (QED) is 0.610. The van der Waals surface area contributed by atoms with Gasteiger partial charge in [0.15, 0.2) is 5.78 Å². The molecule has 2 atom stereocenters. The summed E-state index contributed by atoms with van der Waals surface area (Å²) in [5.74, 6) is -1.10. The van der Waals surface area contributed by atoms with Gasteiger partial charge in [0.2, 0.25) is 0 Å². The first kappa shape index (κ1) is 21.8. The Bertz CT molecular complexity index is 1000. The largest absolute Gasteiger partial charge is 0.481 e. The highest BCUT2D eigenvalue weighted by atomic mass is 32.1. The predicted octanol–water partition coefficient (Wildman–Crippen LogP) is 3.60. The van der Waals surface area contributed by atoms with Crippen LogP contribution in [0.15, 0.2) is 42.1 Å². The van der Waals surface area contributed by atoms with Gasteiger partial charge in [0.25, 0.3) is 0 Å². The van der Waals surface area contributed by atoms with Crippen LogP contribution in [0.4, 0.5) is 4.39 Å². The lowest BCUT2D eigenvalue weighted by Crippen LogP contribution is -2.42. The maximum atomic E-state index is 14.6. The number of aromatic nitrogens is 2. The normalized spacial score (nSPS) is 21.9. The van der Waals surface area contributed by atoms with Gasteiger partial charge >= 0.3 is 5.97 Å². The molecule has 1 aliphatic carbocycles. The van der Waals surface area contributed by atoms with Crippen molar-refractivity contribution in [3.05, 3.63) is 59.2 Å². The highest BCUT2D eigenvalue weighted by Gasteiger charge is 2.40. The van der Waals surface area contributed by atoms with Crippen LogP contribution in [-0.4, -0.2) is 49.9 Å². The first-order valence-corrected chi connectivity index (χ1v) is 11.1. The van der Waals surface area contributed by atoms with E-state index in [1.807, 2.05) is 12.1 Å². The molecule has 1 aromatic carbocycles. The number of aliphatic carboxylic acids is 1. The molecule has 0 amide bonds. The van der Waals surface area contributed by atoms with Crippen molar-refractivity contribution in [1.29, 1.82) is 0 Å². The minimum Gasteiger partial charge on any atom is -0.481 e. The maximum absolute atomic E-state index is 14.6. The van der Waals surface area contributed by atoms with E-state index < -0.39 is 12.0 Å². The number of carboxylic acid groups (broad SMARTS) is 1. The topological polar surface area (TPSA) is 75.4 Å². The predicted molar refractivity (Wildman–Crippen MR) is 118 cm³/mol. The Hall–Kier alpha value is -2.45. The van der Waals surface area contributed by atoms with E-state index >= 15 is 0 Å². The summed E-state index contributed by atoms with van der Waals surface area (Å²) in [5, 5.41) is 13.3. The summed E-state index contributed by atoms with van der Waals surface area (Å²) < 4.78 is 16.2. The molecule has 2 aromatic rings. The van der Waals surface area contributed by atoms with Gasteiger partial charge < -0.3 is 5.11 Å². The number of carbonyl (C=O) groups excluding carboxylic acids is 1. The molecule has 4 rings (SSSR count). The molecule has 8 heteroatoms. The van der Waals surface area contributed by atoms with Crippen molar-refractivity contribution in [3.8, 4) is 0 Å². The third-order valence-electron chi connectivity index (χ3n) is 5.87. The van der Waals surface area contributed by atoms with Crippen LogP contribution in [0, 0.1) is 11.7 Å². The van der Waals surface area contributed by atoms with Crippen LogP contribution in [-0.2, 0) is 16.1 Å². The van der Waals surface area contributed by atoms with E-state index in [0.717, 1.165) is 30.5 Å². The zero-order valence-electron chi connectivity index (χ0n) is 17.2. The fourth-order valence-corrected chi connectivity index (χ4v) is 4.32. The molecule has 6 nitrogen and oxygen atoms in total. The molecular weight excluding hydrogens is 417 g/mol. The number of nitrogens with zero attached hydrogens (tertiary/aromatic N) is 3. The van der Waals surface area contributed by atoms with Gasteiger partial charge in [-0.3, -0.25) is 19.2 Å².